The second kappa shape index (κ2) is 12.5. The van der Waals surface area contributed by atoms with E-state index in [2.05, 4.69) is 70.5 Å². The molecule has 208 valence electrons. The lowest BCUT2D eigenvalue weighted by molar-refractivity contribution is -0.138. The molecule has 0 aromatic heterocycles. The molecule has 8 nitrogen and oxygen atoms in total. The maximum Gasteiger partial charge on any atom is 0.322 e. The third kappa shape index (κ3) is 6.61. The molecule has 0 saturated carbocycles. The van der Waals surface area contributed by atoms with Crippen molar-refractivity contribution in [2.75, 3.05) is 13.1 Å². The molecule has 0 fully saturated rings. The Morgan fingerprint density at radius 1 is 0.683 bits per heavy atom. The van der Waals surface area contributed by atoms with Gasteiger partial charge in [-0.25, -0.2) is 0 Å². The van der Waals surface area contributed by atoms with E-state index in [1.165, 1.54) is 37.9 Å². The average Bonchev–Trinajstić information content (AvgIpc) is 2.98. The number of benzene rings is 5. The number of carboxylic acids is 1. The zero-order valence-electron chi connectivity index (χ0n) is 22.5. The summed E-state index contributed by atoms with van der Waals surface area (Å²) in [5, 5.41) is 23.5. The Kier molecular flexibility index (Phi) is 8.39. The highest BCUT2D eigenvalue weighted by Gasteiger charge is 2.22. The number of rotatable bonds is 12. The number of hydrogen-bond donors (Lipinski definition) is 4. The first-order valence-corrected chi connectivity index (χ1v) is 13.6. The van der Waals surface area contributed by atoms with E-state index in [-0.39, 0.29) is 25.3 Å². The van der Waals surface area contributed by atoms with Crippen LogP contribution in [-0.2, 0) is 32.0 Å². The molecule has 0 aliphatic carbocycles. The van der Waals surface area contributed by atoms with Crippen molar-refractivity contribution in [3.63, 3.8) is 0 Å². The van der Waals surface area contributed by atoms with Crippen LogP contribution in [0, 0.1) is 0 Å². The van der Waals surface area contributed by atoms with Gasteiger partial charge in [0, 0.05) is 12.8 Å². The van der Waals surface area contributed by atoms with Crippen LogP contribution in [0.1, 0.15) is 24.0 Å². The summed E-state index contributed by atoms with van der Waals surface area (Å²) < 4.78 is 0. The van der Waals surface area contributed by atoms with Crippen molar-refractivity contribution < 1.29 is 24.3 Å². The lowest BCUT2D eigenvalue weighted by atomic mass is 9.90. The van der Waals surface area contributed by atoms with Crippen molar-refractivity contribution in [2.24, 2.45) is 0 Å². The van der Waals surface area contributed by atoms with Crippen LogP contribution in [-0.4, -0.2) is 47.9 Å². The number of carbonyl (C=O) groups excluding carboxylic acids is 3. The second-order valence-electron chi connectivity index (χ2n) is 10.1. The highest BCUT2D eigenvalue weighted by Crippen LogP contribution is 2.36. The number of hydrogen-bond acceptors (Lipinski definition) is 4. The van der Waals surface area contributed by atoms with Crippen molar-refractivity contribution in [2.45, 2.75) is 31.7 Å². The predicted molar refractivity (Wildman–Crippen MR) is 159 cm³/mol. The van der Waals surface area contributed by atoms with Gasteiger partial charge in [-0.1, -0.05) is 84.9 Å². The third-order valence-electron chi connectivity index (χ3n) is 7.26. The van der Waals surface area contributed by atoms with Gasteiger partial charge < -0.3 is 21.1 Å². The fourth-order valence-corrected chi connectivity index (χ4v) is 5.31. The van der Waals surface area contributed by atoms with Crippen molar-refractivity contribution in [1.82, 2.24) is 16.0 Å². The number of amides is 3. The number of carboxylic acid groups (broad SMARTS) is 1. The molecule has 8 heteroatoms. The molecular formula is C33H31N3O5. The van der Waals surface area contributed by atoms with Gasteiger partial charge in [0.25, 0.3) is 0 Å². The maximum absolute atomic E-state index is 13.0. The second-order valence-corrected chi connectivity index (χ2v) is 10.1. The minimum atomic E-state index is -1.18. The average molecular weight is 550 g/mol. The van der Waals surface area contributed by atoms with Crippen molar-refractivity contribution in [1.29, 1.82) is 0 Å². The van der Waals surface area contributed by atoms with Gasteiger partial charge in [-0.15, -0.1) is 0 Å². The molecule has 0 spiro atoms. The maximum atomic E-state index is 13.0. The first kappa shape index (κ1) is 27.6. The van der Waals surface area contributed by atoms with Crippen LogP contribution in [0.15, 0.2) is 84.9 Å². The van der Waals surface area contributed by atoms with E-state index in [1.54, 1.807) is 0 Å². The molecule has 0 unspecified atom stereocenters. The van der Waals surface area contributed by atoms with E-state index < -0.39 is 30.4 Å². The molecule has 0 heterocycles. The minimum absolute atomic E-state index is 0.236. The summed E-state index contributed by atoms with van der Waals surface area (Å²) in [6, 6.07) is 27.6. The zero-order chi connectivity index (χ0) is 28.8. The van der Waals surface area contributed by atoms with Crippen LogP contribution in [0.2, 0.25) is 0 Å². The topological polar surface area (TPSA) is 125 Å². The van der Waals surface area contributed by atoms with Crippen LogP contribution >= 0.6 is 0 Å². The van der Waals surface area contributed by atoms with Crippen LogP contribution in [0.5, 0.6) is 0 Å². The van der Waals surface area contributed by atoms with E-state index in [1.807, 2.05) is 30.3 Å². The van der Waals surface area contributed by atoms with Gasteiger partial charge in [0.2, 0.25) is 17.7 Å². The summed E-state index contributed by atoms with van der Waals surface area (Å²) in [5.74, 6) is -2.58. The zero-order valence-corrected chi connectivity index (χ0v) is 22.5. The van der Waals surface area contributed by atoms with Crippen molar-refractivity contribution in [3.8, 4) is 0 Å². The molecule has 0 aliphatic heterocycles. The van der Waals surface area contributed by atoms with Gasteiger partial charge in [0.1, 0.15) is 12.6 Å². The molecule has 5 aromatic carbocycles. The molecule has 3 amide bonds. The van der Waals surface area contributed by atoms with Crippen LogP contribution in [0.3, 0.4) is 0 Å². The summed E-state index contributed by atoms with van der Waals surface area (Å²) in [7, 11) is 0. The SMILES string of the molecule is O=C(O)CNC(=O)CNC(=O)[C@H](Cc1ccccc1)NC(=O)CCCc1ccc2ccc3cccc4ccc1c2c34. The molecule has 1 atom stereocenters. The van der Waals surface area contributed by atoms with E-state index in [0.717, 1.165) is 5.56 Å². The molecule has 5 rings (SSSR count). The standard InChI is InChI=1S/C33H31N3O5/c37-28(36-27(18-21-6-2-1-3-7-21)33(41)35-19-29(38)34-20-30(39)40)11-5-8-22-12-13-25-15-14-23-9-4-10-24-16-17-26(22)32(25)31(23)24/h1-4,6-7,9-10,12-17,27H,5,8,11,18-20H2,(H,34,38)(H,35,41)(H,36,37)(H,39,40)/t27-/m0/s1. The molecule has 4 N–H and O–H groups in total. The van der Waals surface area contributed by atoms with E-state index in [4.69, 9.17) is 5.11 Å². The molecular weight excluding hydrogens is 518 g/mol. The summed E-state index contributed by atoms with van der Waals surface area (Å²) in [5.41, 5.74) is 2.03. The lowest BCUT2D eigenvalue weighted by Gasteiger charge is -2.19. The Labute approximate surface area is 237 Å². The van der Waals surface area contributed by atoms with Gasteiger partial charge in [-0.2, -0.15) is 0 Å². The molecule has 0 aliphatic rings. The normalized spacial score (nSPS) is 11.9. The Bertz CT molecular complexity index is 1700. The smallest absolute Gasteiger partial charge is 0.322 e. The van der Waals surface area contributed by atoms with E-state index in [9.17, 15) is 19.2 Å². The Morgan fingerprint density at radius 3 is 2.10 bits per heavy atom. The number of aryl methyl sites for hydroxylation is 1. The highest BCUT2D eigenvalue weighted by molar-refractivity contribution is 6.23. The fraction of sp³-hybridized carbons (Fsp3) is 0.212. The summed E-state index contributed by atoms with van der Waals surface area (Å²) in [6.45, 7) is -0.924. The number of carbonyl (C=O) groups is 4. The molecule has 5 aromatic rings. The molecule has 0 bridgehead atoms. The Balaban J connectivity index is 1.23. The Morgan fingerprint density at radius 2 is 1.37 bits per heavy atom. The summed E-state index contributed by atoms with van der Waals surface area (Å²) >= 11 is 0. The van der Waals surface area contributed by atoms with Gasteiger partial charge in [0.05, 0.1) is 6.54 Å². The van der Waals surface area contributed by atoms with Gasteiger partial charge in [-0.3, -0.25) is 19.2 Å². The van der Waals surface area contributed by atoms with E-state index >= 15 is 0 Å². The lowest BCUT2D eigenvalue weighted by Crippen LogP contribution is -2.50. The predicted octanol–water partition coefficient (Wildman–Crippen LogP) is 3.95. The highest BCUT2D eigenvalue weighted by atomic mass is 16.4. The van der Waals surface area contributed by atoms with E-state index in [0.29, 0.717) is 12.8 Å². The summed E-state index contributed by atoms with van der Waals surface area (Å²) in [6.07, 6.45) is 1.80. The van der Waals surface area contributed by atoms with Crippen LogP contribution in [0.4, 0.5) is 0 Å². The third-order valence-corrected chi connectivity index (χ3v) is 7.26. The molecule has 0 radical (unpaired) electrons. The van der Waals surface area contributed by atoms with Gasteiger partial charge in [0.15, 0.2) is 0 Å². The van der Waals surface area contributed by atoms with Crippen molar-refractivity contribution >= 4 is 56.0 Å². The first-order valence-electron chi connectivity index (χ1n) is 13.6. The van der Waals surface area contributed by atoms with Crippen LogP contribution < -0.4 is 16.0 Å². The molecule has 0 saturated heterocycles. The largest absolute Gasteiger partial charge is 0.480 e. The fourth-order valence-electron chi connectivity index (χ4n) is 5.31. The first-order chi connectivity index (χ1) is 19.9. The van der Waals surface area contributed by atoms with Crippen LogP contribution in [0.25, 0.3) is 32.3 Å². The monoisotopic (exact) mass is 549 g/mol. The minimum Gasteiger partial charge on any atom is -0.480 e. The number of nitrogens with one attached hydrogen (secondary N) is 3. The van der Waals surface area contributed by atoms with Crippen molar-refractivity contribution in [3.05, 3.63) is 96.1 Å². The summed E-state index contributed by atoms with van der Waals surface area (Å²) in [4.78, 5) is 48.4. The Hall–Kier alpha value is -4.98. The van der Waals surface area contributed by atoms with Gasteiger partial charge >= 0.3 is 5.97 Å². The quantitative estimate of drug-likeness (QED) is 0.176. The molecule has 41 heavy (non-hydrogen) atoms. The van der Waals surface area contributed by atoms with Gasteiger partial charge in [-0.05, 0) is 56.3 Å². The number of aliphatic carboxylic acids is 1.